The molecule has 0 fully saturated rings. The van der Waals surface area contributed by atoms with Gasteiger partial charge >= 0.3 is 0 Å². The molecule has 8 nitrogen and oxygen atoms in total. The molecule has 0 unspecified atom stereocenters. The number of nitrogens with two attached hydrogens (primary N) is 2. The van der Waals surface area contributed by atoms with Crippen LogP contribution in [0.5, 0.6) is 0 Å². The third-order valence-corrected chi connectivity index (χ3v) is 4.64. The van der Waals surface area contributed by atoms with Crippen LogP contribution in [0.1, 0.15) is 5.56 Å². The summed E-state index contributed by atoms with van der Waals surface area (Å²) in [6, 6.07) is 13.5. The van der Waals surface area contributed by atoms with Crippen LogP contribution in [0.15, 0.2) is 82.4 Å². The third kappa shape index (κ3) is 4.22. The van der Waals surface area contributed by atoms with Gasteiger partial charge in [0.1, 0.15) is 5.84 Å². The molecular formula is C18H18N6O2S. The number of anilines is 1. The zero-order valence-corrected chi connectivity index (χ0v) is 15.1. The molecule has 0 aliphatic heterocycles. The van der Waals surface area contributed by atoms with Crippen molar-refractivity contribution >= 4 is 38.4 Å². The first-order valence-electron chi connectivity index (χ1n) is 7.88. The Morgan fingerprint density at radius 1 is 1.19 bits per heavy atom. The van der Waals surface area contributed by atoms with Gasteiger partial charge in [-0.05, 0) is 30.3 Å². The van der Waals surface area contributed by atoms with Crippen molar-refractivity contribution in [2.75, 3.05) is 5.32 Å². The number of nitrogens with zero attached hydrogens (tertiary/aromatic N) is 2. The van der Waals surface area contributed by atoms with Crippen molar-refractivity contribution in [1.29, 1.82) is 0 Å². The van der Waals surface area contributed by atoms with Crippen LogP contribution in [-0.2, 0) is 10.0 Å². The molecule has 0 saturated heterocycles. The number of aliphatic imine (C=N–C) groups is 2. The number of fused-ring (bicyclic) bond motifs is 1. The second-order valence-electron chi connectivity index (χ2n) is 5.57. The Bertz CT molecular complexity index is 1160. The molecule has 1 aromatic heterocycles. The third-order valence-electron chi connectivity index (χ3n) is 3.73. The Balaban J connectivity index is 1.95. The molecule has 0 atom stereocenters. The molecule has 0 saturated carbocycles. The molecule has 6 N–H and O–H groups in total. The Morgan fingerprint density at radius 2 is 1.96 bits per heavy atom. The van der Waals surface area contributed by atoms with Crippen LogP contribution in [0.25, 0.3) is 10.9 Å². The van der Waals surface area contributed by atoms with Crippen molar-refractivity contribution in [2.24, 2.45) is 20.9 Å². The topological polar surface area (TPSA) is 139 Å². The molecule has 3 aromatic rings. The number of nitrogens with one attached hydrogen (secondary N) is 2. The van der Waals surface area contributed by atoms with E-state index in [0.29, 0.717) is 5.69 Å². The van der Waals surface area contributed by atoms with Crippen LogP contribution in [-0.4, -0.2) is 25.2 Å². The molecule has 0 aliphatic carbocycles. The lowest BCUT2D eigenvalue weighted by Crippen LogP contribution is -2.20. The normalized spacial score (nSPS) is 12.9. The zero-order valence-electron chi connectivity index (χ0n) is 14.3. The average Bonchev–Trinajstić information content (AvgIpc) is 3.10. The highest BCUT2D eigenvalue weighted by Crippen LogP contribution is 2.18. The predicted molar refractivity (Wildman–Crippen MR) is 108 cm³/mol. The number of guanidine groups is 1. The van der Waals surface area contributed by atoms with Crippen molar-refractivity contribution in [3.05, 3.63) is 73.1 Å². The summed E-state index contributed by atoms with van der Waals surface area (Å²) in [6.07, 6.45) is 3.12. The van der Waals surface area contributed by atoms with Crippen LogP contribution in [0.3, 0.4) is 0 Å². The fourth-order valence-corrected chi connectivity index (χ4v) is 3.10. The minimum absolute atomic E-state index is 0.0282. The fourth-order valence-electron chi connectivity index (χ4n) is 2.54. The van der Waals surface area contributed by atoms with Crippen molar-refractivity contribution < 1.29 is 8.42 Å². The molecule has 0 radical (unpaired) electrons. The van der Waals surface area contributed by atoms with E-state index in [1.807, 2.05) is 30.5 Å². The lowest BCUT2D eigenvalue weighted by molar-refractivity contribution is 0.598. The maximum atomic E-state index is 11.5. The van der Waals surface area contributed by atoms with Crippen molar-refractivity contribution in [3.8, 4) is 0 Å². The number of hydrogen-bond acceptors (Lipinski definition) is 3. The van der Waals surface area contributed by atoms with E-state index >= 15 is 0 Å². The second kappa shape index (κ2) is 7.44. The van der Waals surface area contributed by atoms with E-state index in [0.717, 1.165) is 16.5 Å². The lowest BCUT2D eigenvalue weighted by atomic mass is 10.1. The zero-order chi connectivity index (χ0) is 19.4. The Labute approximate surface area is 156 Å². The second-order valence-corrected chi connectivity index (χ2v) is 7.14. The van der Waals surface area contributed by atoms with E-state index in [-0.39, 0.29) is 16.7 Å². The highest BCUT2D eigenvalue weighted by atomic mass is 32.2. The summed E-state index contributed by atoms with van der Waals surface area (Å²) < 4.78 is 23.0. The molecule has 27 heavy (non-hydrogen) atoms. The van der Waals surface area contributed by atoms with Crippen molar-refractivity contribution in [3.63, 3.8) is 0 Å². The average molecular weight is 382 g/mol. The number of H-pyrrole nitrogens is 1. The minimum atomic E-state index is -3.82. The van der Waals surface area contributed by atoms with E-state index in [1.54, 1.807) is 12.1 Å². The van der Waals surface area contributed by atoms with E-state index < -0.39 is 10.0 Å². The Hall–Kier alpha value is -3.43. The largest absolute Gasteiger partial charge is 0.383 e. The Morgan fingerprint density at radius 3 is 2.70 bits per heavy atom. The maximum Gasteiger partial charge on any atom is 0.238 e. The molecule has 3 rings (SSSR count). The van der Waals surface area contributed by atoms with Gasteiger partial charge in [-0.2, -0.15) is 4.99 Å². The van der Waals surface area contributed by atoms with Gasteiger partial charge in [-0.3, -0.25) is 0 Å². The summed E-state index contributed by atoms with van der Waals surface area (Å²) in [6.45, 7) is 3.56. The quantitative estimate of drug-likeness (QED) is 0.405. The summed E-state index contributed by atoms with van der Waals surface area (Å²) in [5, 5.41) is 9.00. The number of aromatic nitrogens is 1. The fraction of sp³-hybridized carbons (Fsp3) is 0. The van der Waals surface area contributed by atoms with Gasteiger partial charge in [0.05, 0.1) is 4.90 Å². The van der Waals surface area contributed by atoms with Gasteiger partial charge in [-0.25, -0.2) is 18.5 Å². The van der Waals surface area contributed by atoms with E-state index in [1.165, 1.54) is 18.3 Å². The number of hydrogen-bond donors (Lipinski definition) is 4. The van der Waals surface area contributed by atoms with Crippen LogP contribution in [0, 0.1) is 0 Å². The SMILES string of the molecule is C=C/N=C(\N=C(/N)c1cccc2[nH]ccc12)Nc1cccc(S(N)(=O)=O)c1. The standard InChI is InChI=1S/C18H18N6O2S/c1-2-21-18(23-12-5-3-6-13(11-12)27(20,25)26)24-17(19)15-7-4-8-16-14(15)9-10-22-16/h2-11,22H,1H2,(H2,20,25,26)(H3,19,21,23,24). The number of sulfonamides is 1. The van der Waals surface area contributed by atoms with Gasteiger partial charge < -0.3 is 16.0 Å². The highest BCUT2D eigenvalue weighted by molar-refractivity contribution is 7.89. The minimum Gasteiger partial charge on any atom is -0.383 e. The Kier molecular flexibility index (Phi) is 5.06. The summed E-state index contributed by atoms with van der Waals surface area (Å²) in [7, 11) is -3.82. The smallest absolute Gasteiger partial charge is 0.238 e. The molecule has 2 aromatic carbocycles. The van der Waals surface area contributed by atoms with Crippen LogP contribution < -0.4 is 16.2 Å². The molecule has 1 heterocycles. The van der Waals surface area contributed by atoms with E-state index in [2.05, 4.69) is 26.9 Å². The first-order chi connectivity index (χ1) is 12.9. The molecule has 0 bridgehead atoms. The highest BCUT2D eigenvalue weighted by Gasteiger charge is 2.10. The number of aromatic amines is 1. The number of amidine groups is 1. The van der Waals surface area contributed by atoms with Gasteiger partial charge in [0.25, 0.3) is 0 Å². The molecular weight excluding hydrogens is 364 g/mol. The van der Waals surface area contributed by atoms with Crippen molar-refractivity contribution in [2.45, 2.75) is 4.90 Å². The number of primary sulfonamides is 1. The molecule has 9 heteroatoms. The first kappa shape index (κ1) is 18.4. The first-order valence-corrected chi connectivity index (χ1v) is 9.42. The predicted octanol–water partition coefficient (Wildman–Crippen LogP) is 2.13. The van der Waals surface area contributed by atoms with Gasteiger partial charge in [-0.15, -0.1) is 0 Å². The van der Waals surface area contributed by atoms with Crippen LogP contribution >= 0.6 is 0 Å². The van der Waals surface area contributed by atoms with Gasteiger partial charge in [-0.1, -0.05) is 24.8 Å². The number of rotatable bonds is 4. The summed E-state index contributed by atoms with van der Waals surface area (Å²) in [5.41, 5.74) is 8.29. The van der Waals surface area contributed by atoms with Crippen LogP contribution in [0.4, 0.5) is 5.69 Å². The number of benzene rings is 2. The molecule has 138 valence electrons. The van der Waals surface area contributed by atoms with Crippen LogP contribution in [0.2, 0.25) is 0 Å². The summed E-state index contributed by atoms with van der Waals surface area (Å²) in [5.74, 6) is 0.400. The van der Waals surface area contributed by atoms with Crippen molar-refractivity contribution in [1.82, 2.24) is 4.98 Å². The monoisotopic (exact) mass is 382 g/mol. The van der Waals surface area contributed by atoms with Gasteiger partial charge in [0.15, 0.2) is 0 Å². The summed E-state index contributed by atoms with van der Waals surface area (Å²) >= 11 is 0. The summed E-state index contributed by atoms with van der Waals surface area (Å²) in [4.78, 5) is 11.5. The molecule has 0 amide bonds. The maximum absolute atomic E-state index is 11.5. The lowest BCUT2D eigenvalue weighted by Gasteiger charge is -2.08. The molecule has 0 aliphatic rings. The molecule has 0 spiro atoms. The van der Waals surface area contributed by atoms with Gasteiger partial charge in [0.2, 0.25) is 16.0 Å². The van der Waals surface area contributed by atoms with E-state index in [4.69, 9.17) is 10.9 Å². The van der Waals surface area contributed by atoms with E-state index in [9.17, 15) is 8.42 Å². The van der Waals surface area contributed by atoms with Gasteiger partial charge in [0, 0.05) is 34.6 Å².